The Morgan fingerprint density at radius 1 is 1.29 bits per heavy atom. The molecule has 2 saturated heterocycles. The first-order valence-electron chi connectivity index (χ1n) is 9.17. The Kier molecular flexibility index (Phi) is 5.74. The highest BCUT2D eigenvalue weighted by atomic mass is 19.4. The fourth-order valence-corrected chi connectivity index (χ4v) is 3.74. The van der Waals surface area contributed by atoms with Gasteiger partial charge < -0.3 is 4.74 Å². The van der Waals surface area contributed by atoms with Gasteiger partial charge in [0.1, 0.15) is 0 Å². The van der Waals surface area contributed by atoms with Crippen LogP contribution in [-0.2, 0) is 25.3 Å². The lowest BCUT2D eigenvalue weighted by molar-refractivity contribution is -0.150. The highest BCUT2D eigenvalue weighted by Gasteiger charge is 2.45. The third kappa shape index (κ3) is 4.04. The lowest BCUT2D eigenvalue weighted by Gasteiger charge is -2.34. The molecule has 0 radical (unpaired) electrons. The van der Waals surface area contributed by atoms with Crippen LogP contribution >= 0.6 is 0 Å². The van der Waals surface area contributed by atoms with Gasteiger partial charge in [0.05, 0.1) is 36.2 Å². The molecule has 9 heteroatoms. The SMILES string of the molecule is CCOC(=O)[C@@H]1CCCN([C@H]2CC(=O)N(c3cccc(C(F)(F)F)c3)C2=O)C1. The summed E-state index contributed by atoms with van der Waals surface area (Å²) in [6.45, 7) is 2.80. The van der Waals surface area contributed by atoms with E-state index >= 15 is 0 Å². The molecule has 6 nitrogen and oxygen atoms in total. The fourth-order valence-electron chi connectivity index (χ4n) is 3.74. The summed E-state index contributed by atoms with van der Waals surface area (Å²) in [5, 5.41) is 0. The number of benzene rings is 1. The lowest BCUT2D eigenvalue weighted by atomic mass is 9.96. The molecule has 2 fully saturated rings. The quantitative estimate of drug-likeness (QED) is 0.576. The number of likely N-dealkylation sites (tertiary alicyclic amines) is 1. The number of hydrogen-bond acceptors (Lipinski definition) is 5. The van der Waals surface area contributed by atoms with Crippen LogP contribution in [0.5, 0.6) is 0 Å². The third-order valence-electron chi connectivity index (χ3n) is 5.07. The van der Waals surface area contributed by atoms with Gasteiger partial charge in [-0.1, -0.05) is 6.07 Å². The summed E-state index contributed by atoms with van der Waals surface area (Å²) >= 11 is 0. The van der Waals surface area contributed by atoms with Crippen LogP contribution in [-0.4, -0.2) is 48.4 Å². The molecule has 0 saturated carbocycles. The monoisotopic (exact) mass is 398 g/mol. The number of alkyl halides is 3. The van der Waals surface area contributed by atoms with Crippen molar-refractivity contribution < 1.29 is 32.3 Å². The first-order valence-corrected chi connectivity index (χ1v) is 9.17. The Morgan fingerprint density at radius 3 is 2.71 bits per heavy atom. The summed E-state index contributed by atoms with van der Waals surface area (Å²) in [6.07, 6.45) is -3.38. The van der Waals surface area contributed by atoms with Gasteiger partial charge in [0.2, 0.25) is 5.91 Å². The molecule has 2 heterocycles. The molecule has 0 bridgehead atoms. The fraction of sp³-hybridized carbons (Fsp3) is 0.526. The summed E-state index contributed by atoms with van der Waals surface area (Å²) in [6, 6.07) is 3.39. The maximum atomic E-state index is 13.0. The van der Waals surface area contributed by atoms with Crippen molar-refractivity contribution in [2.45, 2.75) is 38.4 Å². The molecule has 0 unspecified atom stereocenters. The molecule has 28 heavy (non-hydrogen) atoms. The molecule has 2 aliphatic rings. The van der Waals surface area contributed by atoms with Crippen molar-refractivity contribution in [3.05, 3.63) is 29.8 Å². The Hall–Kier alpha value is -2.42. The van der Waals surface area contributed by atoms with E-state index in [4.69, 9.17) is 4.74 Å². The lowest BCUT2D eigenvalue weighted by Crippen LogP contribution is -2.48. The average molecular weight is 398 g/mol. The van der Waals surface area contributed by atoms with Crippen molar-refractivity contribution in [2.24, 2.45) is 5.92 Å². The number of piperidine rings is 1. The average Bonchev–Trinajstić information content (AvgIpc) is 2.96. The molecule has 0 spiro atoms. The summed E-state index contributed by atoms with van der Waals surface area (Å²) < 4.78 is 43.9. The molecule has 2 atom stereocenters. The number of carbonyl (C=O) groups excluding carboxylic acids is 3. The minimum atomic E-state index is -4.57. The van der Waals surface area contributed by atoms with E-state index in [0.717, 1.165) is 17.0 Å². The van der Waals surface area contributed by atoms with Crippen molar-refractivity contribution in [2.75, 3.05) is 24.6 Å². The molecule has 1 aromatic rings. The third-order valence-corrected chi connectivity index (χ3v) is 5.07. The van der Waals surface area contributed by atoms with Gasteiger partial charge in [0, 0.05) is 6.54 Å². The number of anilines is 1. The number of esters is 1. The van der Waals surface area contributed by atoms with Crippen molar-refractivity contribution >= 4 is 23.5 Å². The van der Waals surface area contributed by atoms with Crippen LogP contribution in [0.1, 0.15) is 31.7 Å². The summed E-state index contributed by atoms with van der Waals surface area (Å²) in [5.41, 5.74) is -1.01. The zero-order valence-corrected chi connectivity index (χ0v) is 15.4. The van der Waals surface area contributed by atoms with Gasteiger partial charge in [-0.25, -0.2) is 4.90 Å². The van der Waals surface area contributed by atoms with Gasteiger partial charge in [-0.3, -0.25) is 19.3 Å². The Labute approximate surface area is 160 Å². The molecule has 3 rings (SSSR count). The van der Waals surface area contributed by atoms with E-state index in [2.05, 4.69) is 0 Å². The van der Waals surface area contributed by atoms with Crippen LogP contribution in [0.3, 0.4) is 0 Å². The number of hydrogen-bond donors (Lipinski definition) is 0. The summed E-state index contributed by atoms with van der Waals surface area (Å²) in [5.74, 6) is -1.82. The smallest absolute Gasteiger partial charge is 0.416 e. The number of rotatable bonds is 4. The van der Waals surface area contributed by atoms with Crippen LogP contribution in [0, 0.1) is 5.92 Å². The standard InChI is InChI=1S/C19H21F3N2O4/c1-2-28-18(27)12-5-4-8-23(11-12)15-10-16(25)24(17(15)26)14-7-3-6-13(9-14)19(20,21)22/h3,6-7,9,12,15H,2,4-5,8,10-11H2,1H3/t12-,15+/m1/s1. The molecule has 2 aliphatic heterocycles. The van der Waals surface area contributed by atoms with Crippen molar-refractivity contribution in [3.8, 4) is 0 Å². The Balaban J connectivity index is 1.78. The number of ether oxygens (including phenoxy) is 1. The van der Waals surface area contributed by atoms with Crippen LogP contribution in [0.25, 0.3) is 0 Å². The number of nitrogens with zero attached hydrogens (tertiary/aromatic N) is 2. The van der Waals surface area contributed by atoms with Crippen molar-refractivity contribution in [3.63, 3.8) is 0 Å². The van der Waals surface area contributed by atoms with Gasteiger partial charge in [-0.05, 0) is 44.5 Å². The first kappa shape index (κ1) is 20.3. The van der Waals surface area contributed by atoms with Crippen LogP contribution in [0.15, 0.2) is 24.3 Å². The largest absolute Gasteiger partial charge is 0.466 e. The molecule has 0 aromatic heterocycles. The number of halogens is 3. The van der Waals surface area contributed by atoms with E-state index in [1.54, 1.807) is 11.8 Å². The highest BCUT2D eigenvalue weighted by molar-refractivity contribution is 6.22. The topological polar surface area (TPSA) is 66.9 Å². The minimum absolute atomic E-state index is 0.0914. The molecule has 0 aliphatic carbocycles. The molecule has 0 N–H and O–H groups in total. The van der Waals surface area contributed by atoms with E-state index in [9.17, 15) is 27.6 Å². The van der Waals surface area contributed by atoms with E-state index in [1.165, 1.54) is 12.1 Å². The first-order chi connectivity index (χ1) is 13.2. The minimum Gasteiger partial charge on any atom is -0.466 e. The van der Waals surface area contributed by atoms with E-state index in [-0.39, 0.29) is 30.6 Å². The van der Waals surface area contributed by atoms with Gasteiger partial charge in [0.25, 0.3) is 5.91 Å². The zero-order valence-electron chi connectivity index (χ0n) is 15.4. The molecular weight excluding hydrogens is 377 g/mol. The predicted octanol–water partition coefficient (Wildman–Crippen LogP) is 2.61. The van der Waals surface area contributed by atoms with Crippen molar-refractivity contribution in [1.29, 1.82) is 0 Å². The summed E-state index contributed by atoms with van der Waals surface area (Å²) in [7, 11) is 0. The van der Waals surface area contributed by atoms with Gasteiger partial charge >= 0.3 is 12.1 Å². The highest BCUT2D eigenvalue weighted by Crippen LogP contribution is 2.34. The van der Waals surface area contributed by atoms with Gasteiger partial charge in [-0.2, -0.15) is 13.2 Å². The maximum absolute atomic E-state index is 13.0. The second kappa shape index (κ2) is 7.90. The second-order valence-corrected chi connectivity index (χ2v) is 6.92. The van der Waals surface area contributed by atoms with Crippen LogP contribution in [0.2, 0.25) is 0 Å². The van der Waals surface area contributed by atoms with Crippen LogP contribution in [0.4, 0.5) is 18.9 Å². The van der Waals surface area contributed by atoms with Crippen LogP contribution < -0.4 is 4.90 Å². The number of carbonyl (C=O) groups is 3. The predicted molar refractivity (Wildman–Crippen MR) is 93.3 cm³/mol. The van der Waals surface area contributed by atoms with E-state index < -0.39 is 29.6 Å². The molecule has 2 amide bonds. The second-order valence-electron chi connectivity index (χ2n) is 6.92. The maximum Gasteiger partial charge on any atom is 0.416 e. The number of imide groups is 1. The summed E-state index contributed by atoms with van der Waals surface area (Å²) in [4.78, 5) is 39.8. The van der Waals surface area contributed by atoms with E-state index in [0.29, 0.717) is 25.9 Å². The van der Waals surface area contributed by atoms with Crippen molar-refractivity contribution in [1.82, 2.24) is 4.90 Å². The molecular formula is C19H21F3N2O4. The normalized spacial score (nSPS) is 23.9. The Bertz CT molecular complexity index is 781. The van der Waals surface area contributed by atoms with Gasteiger partial charge in [-0.15, -0.1) is 0 Å². The molecule has 152 valence electrons. The van der Waals surface area contributed by atoms with Gasteiger partial charge in [0.15, 0.2) is 0 Å². The van der Waals surface area contributed by atoms with E-state index in [1.807, 2.05) is 0 Å². The Morgan fingerprint density at radius 2 is 2.04 bits per heavy atom. The number of amides is 2. The molecule has 1 aromatic carbocycles. The zero-order chi connectivity index (χ0) is 20.5.